The van der Waals surface area contributed by atoms with Crippen LogP contribution in [-0.4, -0.2) is 105 Å². The number of halogens is 2. The molecule has 8 rings (SSSR count). The molecule has 17 nitrogen and oxygen atoms in total. The summed E-state index contributed by atoms with van der Waals surface area (Å²) in [6.07, 6.45) is 3.28. The predicted molar refractivity (Wildman–Crippen MR) is 251 cm³/mol. The number of carboxylic acids is 2. The molecule has 68 heavy (non-hydrogen) atoms. The van der Waals surface area contributed by atoms with Gasteiger partial charge in [0.2, 0.25) is 21.8 Å². The number of fused-ring (bicyclic) bond motifs is 1. The number of aromatic carboxylic acids is 1. The van der Waals surface area contributed by atoms with Crippen LogP contribution in [0.2, 0.25) is 5.02 Å². The molecule has 3 aliphatic heterocycles. The van der Waals surface area contributed by atoms with Crippen LogP contribution in [0.25, 0.3) is 21.5 Å². The van der Waals surface area contributed by atoms with Gasteiger partial charge in [-0.25, -0.2) is 32.0 Å². The number of aryl methyl sites for hydroxylation is 1. The molecule has 0 saturated carbocycles. The number of nitrogens with one attached hydrogen (secondary N) is 2. The summed E-state index contributed by atoms with van der Waals surface area (Å²) < 4.78 is 48.8. The molecule has 22 heteroatoms. The number of thiophene rings is 1. The Labute approximate surface area is 423 Å². The maximum Gasteiger partial charge on any atom is 1.00 e. The number of ether oxygens (including phenoxy) is 1. The average Bonchev–Trinajstić information content (AvgIpc) is 3.75. The zero-order valence-corrected chi connectivity index (χ0v) is 42.4. The van der Waals surface area contributed by atoms with Crippen LogP contribution >= 0.6 is 22.9 Å². The number of anilines is 1. The van der Waals surface area contributed by atoms with Crippen LogP contribution in [0, 0.1) is 6.07 Å². The van der Waals surface area contributed by atoms with E-state index in [0.29, 0.717) is 66.1 Å². The van der Waals surface area contributed by atoms with Gasteiger partial charge in [-0.2, -0.15) is 34.6 Å². The van der Waals surface area contributed by atoms with Crippen LogP contribution < -0.4 is 50.6 Å². The van der Waals surface area contributed by atoms with Gasteiger partial charge in [0.15, 0.2) is 17.2 Å². The van der Waals surface area contributed by atoms with Gasteiger partial charge in [0, 0.05) is 49.2 Å². The number of sulfonamides is 1. The topological polar surface area (TPSA) is 227 Å². The monoisotopic (exact) mass is 1000 g/mol. The van der Waals surface area contributed by atoms with Gasteiger partial charge in [-0.05, 0) is 75.8 Å². The van der Waals surface area contributed by atoms with E-state index in [1.165, 1.54) is 9.13 Å². The first-order valence-corrected chi connectivity index (χ1v) is 24.2. The summed E-state index contributed by atoms with van der Waals surface area (Å²) in [6, 6.07) is 23.1. The fraction of sp³-hybridized carbons (Fsp3) is 0.391. The fourth-order valence-corrected chi connectivity index (χ4v) is 11.5. The van der Waals surface area contributed by atoms with Crippen molar-refractivity contribution in [1.82, 2.24) is 23.7 Å². The van der Waals surface area contributed by atoms with Gasteiger partial charge in [0.1, 0.15) is 12.2 Å². The molecule has 1 unspecified atom stereocenters. The largest absolute Gasteiger partial charge is 1.00 e. The summed E-state index contributed by atoms with van der Waals surface area (Å²) in [5.41, 5.74) is 2.76. The molecule has 3 fully saturated rings. The molecular formula is C46H51ClFN6NaO11S2. The van der Waals surface area contributed by atoms with Crippen molar-refractivity contribution in [2.24, 2.45) is 7.05 Å². The first kappa shape index (κ1) is 53.9. The summed E-state index contributed by atoms with van der Waals surface area (Å²) in [5.74, 6) is -3.33. The standard InChI is InChI=1S/C20H30FN3O3S.C13H8ClO5S.C13H13N3O3.Na/c1-20(2)10-3-4-11-24(20)28(26,27)15-16-6-5-7-18(14-16)22-19(25)23-12-8-17(21)9-13-23;14-9-10(19-6-8(15)16)12(13(17)18)20-11(9)7-4-2-1-3-5-7;1-15-8-4-2-3-5-9(8)16(13(15)19)10-6-7-11(17)14-12(10)18;/h5-7,14,17H,3-4,8-13,15H2,1-2H3,(H,22,25);1-2,4-5H,6H2,(H,15,16)(H,17,18);2-5,10H,6-7H2,1H3,(H,14,17,18);/q;-1;;+1. The number of piperidine rings is 3. The van der Waals surface area contributed by atoms with Gasteiger partial charge < -0.3 is 25.2 Å². The molecule has 5 aromatic rings. The van der Waals surface area contributed by atoms with Crippen LogP contribution in [0.4, 0.5) is 14.9 Å². The summed E-state index contributed by atoms with van der Waals surface area (Å²) in [6.45, 7) is 4.63. The third-order valence-electron chi connectivity index (χ3n) is 11.5. The van der Waals surface area contributed by atoms with Gasteiger partial charge in [-0.15, -0.1) is 16.9 Å². The molecule has 4 N–H and O–H groups in total. The number of imide groups is 1. The number of urea groups is 1. The quantitative estimate of drug-likeness (QED) is 0.0886. The number of benzene rings is 3. The number of imidazole rings is 1. The molecule has 3 aromatic carbocycles. The van der Waals surface area contributed by atoms with E-state index in [-0.39, 0.29) is 80.5 Å². The zero-order chi connectivity index (χ0) is 48.6. The number of nitrogens with zero attached hydrogens (tertiary/aromatic N) is 4. The molecule has 3 aliphatic rings. The van der Waals surface area contributed by atoms with Crippen molar-refractivity contribution in [3.8, 4) is 16.2 Å². The van der Waals surface area contributed by atoms with Gasteiger partial charge in [0.25, 0.3) is 0 Å². The number of likely N-dealkylation sites (tertiary alicyclic amines) is 1. The van der Waals surface area contributed by atoms with Crippen molar-refractivity contribution in [3.05, 3.63) is 105 Å². The Morgan fingerprint density at radius 1 is 0.985 bits per heavy atom. The van der Waals surface area contributed by atoms with Gasteiger partial charge in [-0.1, -0.05) is 42.3 Å². The molecule has 2 aromatic heterocycles. The minimum atomic E-state index is -3.45. The first-order valence-electron chi connectivity index (χ1n) is 21.4. The number of carbonyl (C=O) groups excluding carboxylic acids is 3. The third kappa shape index (κ3) is 13.2. The molecule has 0 bridgehead atoms. The smallest absolute Gasteiger partial charge is 0.479 e. The van der Waals surface area contributed by atoms with E-state index in [9.17, 15) is 41.6 Å². The summed E-state index contributed by atoms with van der Waals surface area (Å²) in [4.78, 5) is 71.4. The SMILES string of the molecule is CC1(C)CCCCN1S(=O)(=O)Cc1cccc(NC(=O)N2CCC(F)CC2)c1.Cn1c(=O)n(C2CCC(=O)NC2=O)c2ccccc21.O=C(O)COc1c(C(=O)O)sc(-c2c[c-]ccc2)c1Cl.[Na+]. The first-order chi connectivity index (χ1) is 31.8. The number of hydrogen-bond donors (Lipinski definition) is 4. The molecular weight excluding hydrogens is 954 g/mol. The Morgan fingerprint density at radius 3 is 2.32 bits per heavy atom. The van der Waals surface area contributed by atoms with E-state index < -0.39 is 46.7 Å². The minimum absolute atomic E-state index is 0. The van der Waals surface area contributed by atoms with E-state index >= 15 is 0 Å². The van der Waals surface area contributed by atoms with Crippen LogP contribution in [0.1, 0.15) is 80.1 Å². The van der Waals surface area contributed by atoms with Crippen LogP contribution in [0.3, 0.4) is 0 Å². The predicted octanol–water partition coefficient (Wildman–Crippen LogP) is 4.10. The average molecular weight is 1010 g/mol. The van der Waals surface area contributed by atoms with Crippen molar-refractivity contribution in [3.63, 3.8) is 0 Å². The van der Waals surface area contributed by atoms with E-state index in [1.54, 1.807) is 70.9 Å². The summed E-state index contributed by atoms with van der Waals surface area (Å²) in [7, 11) is -1.77. The van der Waals surface area contributed by atoms with Crippen LogP contribution in [0.5, 0.6) is 5.75 Å². The van der Waals surface area contributed by atoms with Crippen molar-refractivity contribution in [1.29, 1.82) is 0 Å². The number of carbonyl (C=O) groups is 5. The van der Waals surface area contributed by atoms with E-state index in [1.807, 2.05) is 32.0 Å². The number of carboxylic acid groups (broad SMARTS) is 2. The maximum atomic E-state index is 13.2. The molecule has 0 radical (unpaired) electrons. The molecule has 5 heterocycles. The van der Waals surface area contributed by atoms with Crippen LogP contribution in [-0.2, 0) is 37.2 Å². The second-order valence-electron chi connectivity index (χ2n) is 16.7. The molecule has 0 spiro atoms. The second kappa shape index (κ2) is 23.5. The van der Waals surface area contributed by atoms with Crippen molar-refractivity contribution >= 4 is 79.5 Å². The van der Waals surface area contributed by atoms with Gasteiger partial charge in [0.05, 0.1) is 21.8 Å². The molecule has 358 valence electrons. The minimum Gasteiger partial charge on any atom is -0.479 e. The van der Waals surface area contributed by atoms with Gasteiger partial charge in [-0.3, -0.25) is 24.0 Å². The number of rotatable bonds is 10. The van der Waals surface area contributed by atoms with Crippen molar-refractivity contribution in [2.45, 2.75) is 82.3 Å². The van der Waals surface area contributed by atoms with Crippen molar-refractivity contribution < 1.29 is 81.3 Å². The fourth-order valence-electron chi connectivity index (χ4n) is 8.11. The molecule has 1 atom stereocenters. The molecule has 0 aliphatic carbocycles. The van der Waals surface area contributed by atoms with Crippen LogP contribution in [0.15, 0.2) is 77.6 Å². The Balaban J connectivity index is 0.000000194. The Kier molecular flexibility index (Phi) is 18.6. The summed E-state index contributed by atoms with van der Waals surface area (Å²) in [5, 5.41) is 22.9. The normalized spacial score (nSPS) is 17.4. The number of amides is 4. The number of hydrogen-bond acceptors (Lipinski definition) is 10. The second-order valence-corrected chi connectivity index (χ2v) is 20.0. The third-order valence-corrected chi connectivity index (χ3v) is 15.2. The van der Waals surface area contributed by atoms with E-state index in [4.69, 9.17) is 26.6 Å². The maximum absolute atomic E-state index is 13.2. The van der Waals surface area contributed by atoms with E-state index in [2.05, 4.69) is 16.7 Å². The van der Waals surface area contributed by atoms with E-state index in [0.717, 1.165) is 36.1 Å². The van der Waals surface area contributed by atoms with Gasteiger partial charge >= 0.3 is 53.2 Å². The Bertz CT molecular complexity index is 2810. The Morgan fingerprint density at radius 2 is 1.69 bits per heavy atom. The molecule has 4 amide bonds. The zero-order valence-electron chi connectivity index (χ0n) is 38.0. The number of alkyl halides is 1. The number of aliphatic carboxylic acids is 1. The Hall–Kier alpha value is -5.09. The summed E-state index contributed by atoms with van der Waals surface area (Å²) >= 11 is 7.04. The number of para-hydroxylation sites is 2. The number of aromatic nitrogens is 2. The molecule has 3 saturated heterocycles. The van der Waals surface area contributed by atoms with Crippen molar-refractivity contribution in [2.75, 3.05) is 31.6 Å².